The van der Waals surface area contributed by atoms with Crippen LogP contribution < -0.4 is 10.0 Å². The molecule has 2 rings (SSSR count). The van der Waals surface area contributed by atoms with Crippen LogP contribution in [0, 0.1) is 0 Å². The number of carbonyl (C=O) groups excluding carboxylic acids is 2. The number of benzene rings is 1. The predicted octanol–water partition coefficient (Wildman–Crippen LogP) is 2.50. The molecule has 0 aliphatic heterocycles. The molecule has 0 saturated carbocycles. The van der Waals surface area contributed by atoms with Gasteiger partial charge in [-0.15, -0.1) is 11.3 Å². The predicted molar refractivity (Wildman–Crippen MR) is 102 cm³/mol. The van der Waals surface area contributed by atoms with Gasteiger partial charge in [0.05, 0.1) is 6.54 Å². The molecule has 1 heterocycles. The van der Waals surface area contributed by atoms with Crippen molar-refractivity contribution < 1.29 is 18.0 Å². The first-order chi connectivity index (χ1) is 12.4. The number of nitrogens with one attached hydrogen (secondary N) is 2. The van der Waals surface area contributed by atoms with Crippen LogP contribution in [0.25, 0.3) is 0 Å². The minimum Gasteiger partial charge on any atom is -0.351 e. The number of ketones is 1. The lowest BCUT2D eigenvalue weighted by molar-refractivity contribution is -0.121. The zero-order chi connectivity index (χ0) is 19.2. The van der Waals surface area contributed by atoms with Crippen LogP contribution in [0.1, 0.15) is 40.6 Å². The lowest BCUT2D eigenvalue weighted by Gasteiger charge is -2.04. The molecule has 2 N–H and O–H groups in total. The third-order valence-electron chi connectivity index (χ3n) is 3.89. The molecule has 26 heavy (non-hydrogen) atoms. The maximum Gasteiger partial charge on any atom is 0.249 e. The fourth-order valence-electron chi connectivity index (χ4n) is 2.27. The topological polar surface area (TPSA) is 92.3 Å². The van der Waals surface area contributed by atoms with Crippen LogP contribution in [-0.4, -0.2) is 27.2 Å². The van der Waals surface area contributed by atoms with E-state index < -0.39 is 10.0 Å². The number of hydrogen-bond donors (Lipinski definition) is 2. The molecule has 6 nitrogen and oxygen atoms in total. The number of sulfonamides is 1. The molecule has 0 fully saturated rings. The third kappa shape index (κ3) is 5.48. The van der Waals surface area contributed by atoms with Crippen molar-refractivity contribution in [3.8, 4) is 0 Å². The number of thiophene rings is 1. The Balaban J connectivity index is 1.81. The second kappa shape index (κ2) is 9.07. The largest absolute Gasteiger partial charge is 0.351 e. The fraction of sp³-hybridized carbons (Fsp3) is 0.333. The average Bonchev–Trinajstić information content (AvgIpc) is 3.14. The van der Waals surface area contributed by atoms with Crippen molar-refractivity contribution in [3.63, 3.8) is 0 Å². The van der Waals surface area contributed by atoms with Crippen molar-refractivity contribution in [2.24, 2.45) is 0 Å². The van der Waals surface area contributed by atoms with Crippen LogP contribution in [0.4, 0.5) is 0 Å². The standard InChI is InChI=1S/C18H22N2O4S2/c1-3-13-4-6-14(7-5-13)16(21)9-10-17(22)20-12-15-8-11-18(25-15)26(23,24)19-2/h4-8,11,19H,3,9-10,12H2,1-2H3,(H,20,22). The van der Waals surface area contributed by atoms with Crippen molar-refractivity contribution in [3.05, 3.63) is 52.4 Å². The van der Waals surface area contributed by atoms with Crippen LogP contribution in [0.5, 0.6) is 0 Å². The van der Waals surface area contributed by atoms with Gasteiger partial charge in [0.2, 0.25) is 15.9 Å². The highest BCUT2D eigenvalue weighted by atomic mass is 32.2. The van der Waals surface area contributed by atoms with E-state index in [0.29, 0.717) is 5.56 Å². The number of carbonyl (C=O) groups is 2. The van der Waals surface area contributed by atoms with E-state index >= 15 is 0 Å². The molecule has 0 spiro atoms. The first kappa shape index (κ1) is 20.3. The molecule has 2 aromatic rings. The van der Waals surface area contributed by atoms with E-state index in [2.05, 4.69) is 10.0 Å². The number of amides is 1. The van der Waals surface area contributed by atoms with Gasteiger partial charge in [-0.2, -0.15) is 0 Å². The molecule has 140 valence electrons. The van der Waals surface area contributed by atoms with Crippen LogP contribution >= 0.6 is 11.3 Å². The molecule has 0 radical (unpaired) electrons. The van der Waals surface area contributed by atoms with Gasteiger partial charge in [-0.3, -0.25) is 9.59 Å². The molecule has 0 unspecified atom stereocenters. The Labute approximate surface area is 157 Å². The highest BCUT2D eigenvalue weighted by molar-refractivity contribution is 7.91. The second-order valence-electron chi connectivity index (χ2n) is 5.68. The van der Waals surface area contributed by atoms with Gasteiger partial charge in [-0.25, -0.2) is 13.1 Å². The van der Waals surface area contributed by atoms with E-state index in [4.69, 9.17) is 0 Å². The quantitative estimate of drug-likeness (QED) is 0.639. The average molecular weight is 395 g/mol. The highest BCUT2D eigenvalue weighted by Crippen LogP contribution is 2.21. The molecule has 0 bridgehead atoms. The fourth-order valence-corrected chi connectivity index (χ4v) is 4.40. The summed E-state index contributed by atoms with van der Waals surface area (Å²) >= 11 is 1.10. The lowest BCUT2D eigenvalue weighted by Crippen LogP contribution is -2.22. The minimum absolute atomic E-state index is 0.0682. The zero-order valence-corrected chi connectivity index (χ0v) is 16.4. The summed E-state index contributed by atoms with van der Waals surface area (Å²) in [6.45, 7) is 2.29. The molecule has 0 saturated heterocycles. The monoisotopic (exact) mass is 394 g/mol. The summed E-state index contributed by atoms with van der Waals surface area (Å²) in [5, 5.41) is 2.71. The summed E-state index contributed by atoms with van der Waals surface area (Å²) in [5.74, 6) is -0.309. The van der Waals surface area contributed by atoms with E-state index in [1.807, 2.05) is 19.1 Å². The number of Topliss-reactive ketones (excluding diaryl/α,β-unsaturated/α-hetero) is 1. The Morgan fingerprint density at radius 3 is 2.35 bits per heavy atom. The van der Waals surface area contributed by atoms with Gasteiger partial charge in [-0.05, 0) is 31.2 Å². The minimum atomic E-state index is -3.46. The summed E-state index contributed by atoms with van der Waals surface area (Å²) in [7, 11) is -2.11. The summed E-state index contributed by atoms with van der Waals surface area (Å²) < 4.78 is 25.8. The van der Waals surface area contributed by atoms with E-state index in [0.717, 1.165) is 28.2 Å². The molecular weight excluding hydrogens is 372 g/mol. The Bertz CT molecular complexity index is 871. The number of aryl methyl sites for hydroxylation is 1. The molecule has 1 aromatic heterocycles. The smallest absolute Gasteiger partial charge is 0.249 e. The molecule has 1 aromatic carbocycles. The van der Waals surface area contributed by atoms with Gasteiger partial charge >= 0.3 is 0 Å². The van der Waals surface area contributed by atoms with Gasteiger partial charge in [0, 0.05) is 23.3 Å². The van der Waals surface area contributed by atoms with Crippen LogP contribution in [0.3, 0.4) is 0 Å². The molecule has 0 aliphatic rings. The van der Waals surface area contributed by atoms with E-state index in [-0.39, 0.29) is 35.3 Å². The Hall–Kier alpha value is -2.03. The summed E-state index contributed by atoms with van der Waals surface area (Å²) in [5.41, 5.74) is 1.77. The first-order valence-electron chi connectivity index (χ1n) is 8.27. The highest BCUT2D eigenvalue weighted by Gasteiger charge is 2.15. The summed E-state index contributed by atoms with van der Waals surface area (Å²) in [4.78, 5) is 24.8. The van der Waals surface area contributed by atoms with Gasteiger partial charge in [0.1, 0.15) is 4.21 Å². The van der Waals surface area contributed by atoms with E-state index in [1.165, 1.54) is 13.1 Å². The molecule has 0 aliphatic carbocycles. The SMILES string of the molecule is CCc1ccc(C(=O)CCC(=O)NCc2ccc(S(=O)(=O)NC)s2)cc1. The third-order valence-corrected chi connectivity index (χ3v) is 6.89. The lowest BCUT2D eigenvalue weighted by atomic mass is 10.0. The summed E-state index contributed by atoms with van der Waals surface area (Å²) in [6.07, 6.45) is 1.15. The molecule has 0 atom stereocenters. The maximum atomic E-state index is 12.1. The van der Waals surface area contributed by atoms with E-state index in [9.17, 15) is 18.0 Å². The second-order valence-corrected chi connectivity index (χ2v) is 8.96. The van der Waals surface area contributed by atoms with Crippen LogP contribution in [0.15, 0.2) is 40.6 Å². The molecule has 8 heteroatoms. The Morgan fingerprint density at radius 2 is 1.73 bits per heavy atom. The maximum absolute atomic E-state index is 12.1. The van der Waals surface area contributed by atoms with Gasteiger partial charge in [0.25, 0.3) is 0 Å². The van der Waals surface area contributed by atoms with Crippen molar-refractivity contribution in [1.29, 1.82) is 0 Å². The summed E-state index contributed by atoms with van der Waals surface area (Å²) in [6, 6.07) is 10.6. The number of rotatable bonds is 9. The van der Waals surface area contributed by atoms with Gasteiger partial charge in [-0.1, -0.05) is 31.2 Å². The van der Waals surface area contributed by atoms with Gasteiger partial charge in [0.15, 0.2) is 5.78 Å². The number of hydrogen-bond acceptors (Lipinski definition) is 5. The molecule has 1 amide bonds. The first-order valence-corrected chi connectivity index (χ1v) is 10.6. The van der Waals surface area contributed by atoms with Crippen molar-refractivity contribution in [2.75, 3.05) is 7.05 Å². The van der Waals surface area contributed by atoms with Gasteiger partial charge < -0.3 is 5.32 Å². The van der Waals surface area contributed by atoms with Crippen molar-refractivity contribution in [1.82, 2.24) is 10.0 Å². The van der Waals surface area contributed by atoms with Crippen molar-refractivity contribution >= 4 is 33.1 Å². The Kier molecular flexibility index (Phi) is 7.07. The van der Waals surface area contributed by atoms with Crippen molar-refractivity contribution in [2.45, 2.75) is 36.9 Å². The molecular formula is C18H22N2O4S2. The zero-order valence-electron chi connectivity index (χ0n) is 14.7. The van der Waals surface area contributed by atoms with E-state index in [1.54, 1.807) is 18.2 Å². The van der Waals surface area contributed by atoms with Crippen LogP contribution in [-0.2, 0) is 27.8 Å². The Morgan fingerprint density at radius 1 is 1.04 bits per heavy atom. The normalized spacial score (nSPS) is 11.3. The van der Waals surface area contributed by atoms with Crippen LogP contribution in [0.2, 0.25) is 0 Å².